The standard InChI is InChI=1S/C20H27NO5S/c1-5-26-19(25)15-11-7-6-10(20(2,3)4)8-14(11)27-17(15)21-16(22)12-9-13(12)18(23)24/h10,12-13H,5-9H2,1-4H3,(H,21,22)(H,23,24). The Bertz CT molecular complexity index is 776. The van der Waals surface area contributed by atoms with Crippen molar-refractivity contribution in [3.8, 4) is 0 Å². The van der Waals surface area contributed by atoms with Gasteiger partial charge in [-0.2, -0.15) is 0 Å². The van der Waals surface area contributed by atoms with Gasteiger partial charge in [-0.1, -0.05) is 20.8 Å². The summed E-state index contributed by atoms with van der Waals surface area (Å²) in [5, 5.41) is 12.4. The monoisotopic (exact) mass is 393 g/mol. The summed E-state index contributed by atoms with van der Waals surface area (Å²) >= 11 is 1.44. The minimum atomic E-state index is -0.945. The molecular weight excluding hydrogens is 366 g/mol. The van der Waals surface area contributed by atoms with Gasteiger partial charge in [0.2, 0.25) is 5.91 Å². The van der Waals surface area contributed by atoms with Gasteiger partial charge in [-0.3, -0.25) is 9.59 Å². The molecule has 2 N–H and O–H groups in total. The molecule has 0 aromatic carbocycles. The molecule has 0 radical (unpaired) electrons. The van der Waals surface area contributed by atoms with Crippen molar-refractivity contribution in [2.24, 2.45) is 23.2 Å². The van der Waals surface area contributed by atoms with E-state index in [0.29, 0.717) is 22.9 Å². The lowest BCUT2D eigenvalue weighted by molar-refractivity contribution is -0.139. The Labute approximate surface area is 163 Å². The van der Waals surface area contributed by atoms with Gasteiger partial charge in [0.1, 0.15) is 5.00 Å². The third kappa shape index (κ3) is 4.03. The highest BCUT2D eigenvalue weighted by Crippen LogP contribution is 2.46. The molecule has 1 aromatic heterocycles. The van der Waals surface area contributed by atoms with Crippen molar-refractivity contribution in [3.63, 3.8) is 0 Å². The molecule has 2 aliphatic rings. The summed E-state index contributed by atoms with van der Waals surface area (Å²) in [6.07, 6.45) is 3.02. The number of carbonyl (C=O) groups is 3. The molecule has 0 saturated heterocycles. The number of carboxylic acid groups (broad SMARTS) is 1. The van der Waals surface area contributed by atoms with E-state index in [4.69, 9.17) is 9.84 Å². The van der Waals surface area contributed by atoms with Crippen LogP contribution in [0.1, 0.15) is 61.3 Å². The third-order valence-electron chi connectivity index (χ3n) is 5.65. The molecule has 0 spiro atoms. The van der Waals surface area contributed by atoms with Crippen molar-refractivity contribution in [3.05, 3.63) is 16.0 Å². The van der Waals surface area contributed by atoms with Gasteiger partial charge in [-0.15, -0.1) is 11.3 Å². The molecule has 7 heteroatoms. The van der Waals surface area contributed by atoms with Crippen LogP contribution in [0.2, 0.25) is 0 Å². The highest BCUT2D eigenvalue weighted by molar-refractivity contribution is 7.17. The molecule has 0 bridgehead atoms. The lowest BCUT2D eigenvalue weighted by atomic mass is 9.72. The lowest BCUT2D eigenvalue weighted by Crippen LogP contribution is -2.26. The molecule has 1 saturated carbocycles. The van der Waals surface area contributed by atoms with E-state index in [1.165, 1.54) is 11.3 Å². The van der Waals surface area contributed by atoms with Gasteiger partial charge in [-0.05, 0) is 49.5 Å². The Balaban J connectivity index is 1.87. The van der Waals surface area contributed by atoms with E-state index >= 15 is 0 Å². The van der Waals surface area contributed by atoms with E-state index in [9.17, 15) is 14.4 Å². The van der Waals surface area contributed by atoms with Crippen LogP contribution >= 0.6 is 11.3 Å². The van der Waals surface area contributed by atoms with Gasteiger partial charge >= 0.3 is 11.9 Å². The summed E-state index contributed by atoms with van der Waals surface area (Å²) < 4.78 is 5.23. The maximum Gasteiger partial charge on any atom is 0.341 e. The van der Waals surface area contributed by atoms with E-state index in [2.05, 4.69) is 26.1 Å². The predicted molar refractivity (Wildman–Crippen MR) is 103 cm³/mol. The molecule has 1 amide bonds. The molecule has 1 fully saturated rings. The number of carboxylic acids is 1. The number of aliphatic carboxylic acids is 1. The number of ether oxygens (including phenoxy) is 1. The summed E-state index contributed by atoms with van der Waals surface area (Å²) in [4.78, 5) is 37.2. The first-order chi connectivity index (χ1) is 12.6. The van der Waals surface area contributed by atoms with Crippen molar-refractivity contribution in [2.75, 3.05) is 11.9 Å². The number of esters is 1. The predicted octanol–water partition coefficient (Wildman–Crippen LogP) is 3.74. The molecule has 3 unspecified atom stereocenters. The number of nitrogens with one attached hydrogen (secondary N) is 1. The highest BCUT2D eigenvalue weighted by Gasteiger charge is 2.48. The number of carbonyl (C=O) groups excluding carboxylic acids is 2. The normalized spacial score (nSPS) is 24.1. The summed E-state index contributed by atoms with van der Waals surface area (Å²) in [6, 6.07) is 0. The van der Waals surface area contributed by atoms with Crippen LogP contribution in [-0.2, 0) is 27.2 Å². The first-order valence-corrected chi connectivity index (χ1v) is 10.3. The Kier molecular flexibility index (Phi) is 5.34. The van der Waals surface area contributed by atoms with Crippen molar-refractivity contribution >= 4 is 34.2 Å². The minimum absolute atomic E-state index is 0.178. The SMILES string of the molecule is CCOC(=O)c1c(NC(=O)C2CC2C(=O)O)sc2c1CCC(C(C)(C)C)C2. The second kappa shape index (κ2) is 7.26. The largest absolute Gasteiger partial charge is 0.481 e. The van der Waals surface area contributed by atoms with Crippen LogP contribution in [0.5, 0.6) is 0 Å². The summed E-state index contributed by atoms with van der Waals surface area (Å²) in [7, 11) is 0. The molecule has 6 nitrogen and oxygen atoms in total. The fourth-order valence-corrected chi connectivity index (χ4v) is 5.11. The second-order valence-electron chi connectivity index (χ2n) is 8.51. The van der Waals surface area contributed by atoms with Crippen molar-refractivity contribution < 1.29 is 24.2 Å². The molecule has 1 aromatic rings. The number of rotatable bonds is 5. The van der Waals surface area contributed by atoms with Crippen LogP contribution in [-0.4, -0.2) is 29.6 Å². The zero-order valence-electron chi connectivity index (χ0n) is 16.3. The first kappa shape index (κ1) is 19.9. The van der Waals surface area contributed by atoms with Gasteiger partial charge in [0.15, 0.2) is 0 Å². The maximum atomic E-state index is 12.6. The fraction of sp³-hybridized carbons (Fsp3) is 0.650. The maximum absolute atomic E-state index is 12.6. The van der Waals surface area contributed by atoms with Crippen LogP contribution in [0.3, 0.4) is 0 Å². The fourth-order valence-electron chi connectivity index (χ4n) is 3.79. The summed E-state index contributed by atoms with van der Waals surface area (Å²) in [6.45, 7) is 8.70. The zero-order valence-corrected chi connectivity index (χ0v) is 17.1. The molecule has 1 heterocycles. The molecule has 148 valence electrons. The van der Waals surface area contributed by atoms with E-state index in [1.54, 1.807) is 6.92 Å². The van der Waals surface area contributed by atoms with Gasteiger partial charge < -0.3 is 15.2 Å². The highest BCUT2D eigenvalue weighted by atomic mass is 32.1. The van der Waals surface area contributed by atoms with Gasteiger partial charge in [-0.25, -0.2) is 4.79 Å². The molecular formula is C20H27NO5S. The number of thiophene rings is 1. The molecule has 27 heavy (non-hydrogen) atoms. The lowest BCUT2D eigenvalue weighted by Gasteiger charge is -2.33. The second-order valence-corrected chi connectivity index (χ2v) is 9.62. The van der Waals surface area contributed by atoms with Crippen LogP contribution < -0.4 is 5.32 Å². The van der Waals surface area contributed by atoms with Gasteiger partial charge in [0.05, 0.1) is 24.0 Å². The van der Waals surface area contributed by atoms with Gasteiger partial charge in [0, 0.05) is 4.88 Å². The van der Waals surface area contributed by atoms with Crippen LogP contribution in [0.15, 0.2) is 0 Å². The topological polar surface area (TPSA) is 92.7 Å². The summed E-state index contributed by atoms with van der Waals surface area (Å²) in [5.74, 6) is -2.29. The third-order valence-corrected chi connectivity index (χ3v) is 6.82. The molecule has 2 aliphatic carbocycles. The van der Waals surface area contributed by atoms with Crippen LogP contribution in [0.4, 0.5) is 5.00 Å². The quantitative estimate of drug-likeness (QED) is 0.744. The van der Waals surface area contributed by atoms with E-state index in [0.717, 1.165) is 29.7 Å². The van der Waals surface area contributed by atoms with Crippen LogP contribution in [0.25, 0.3) is 0 Å². The Morgan fingerprint density at radius 2 is 1.96 bits per heavy atom. The van der Waals surface area contributed by atoms with E-state index in [1.807, 2.05) is 0 Å². The van der Waals surface area contributed by atoms with Crippen LogP contribution in [0, 0.1) is 23.2 Å². The molecule has 3 rings (SSSR count). The Morgan fingerprint density at radius 1 is 1.26 bits per heavy atom. The molecule has 3 atom stereocenters. The van der Waals surface area contributed by atoms with Crippen molar-refractivity contribution in [2.45, 2.75) is 53.4 Å². The summed E-state index contributed by atoms with van der Waals surface area (Å²) in [5.41, 5.74) is 1.63. The van der Waals surface area contributed by atoms with Gasteiger partial charge in [0.25, 0.3) is 0 Å². The van der Waals surface area contributed by atoms with E-state index in [-0.39, 0.29) is 17.9 Å². The Hall–Kier alpha value is -1.89. The number of amides is 1. The average Bonchev–Trinajstić information content (AvgIpc) is 3.30. The average molecular weight is 394 g/mol. The smallest absolute Gasteiger partial charge is 0.341 e. The molecule has 0 aliphatic heterocycles. The van der Waals surface area contributed by atoms with Crippen molar-refractivity contribution in [1.82, 2.24) is 0 Å². The Morgan fingerprint density at radius 3 is 2.52 bits per heavy atom. The number of hydrogen-bond acceptors (Lipinski definition) is 5. The number of fused-ring (bicyclic) bond motifs is 1. The number of anilines is 1. The van der Waals surface area contributed by atoms with E-state index < -0.39 is 23.8 Å². The zero-order chi connectivity index (χ0) is 19.9. The van der Waals surface area contributed by atoms with Crippen molar-refractivity contribution in [1.29, 1.82) is 0 Å². The number of hydrogen-bond donors (Lipinski definition) is 2. The first-order valence-electron chi connectivity index (χ1n) is 9.48. The minimum Gasteiger partial charge on any atom is -0.481 e.